The number of alkyl halides is 3. The topological polar surface area (TPSA) is 52.6 Å². The molecule has 1 atom stereocenters. The van der Waals surface area contributed by atoms with E-state index >= 15 is 0 Å². The zero-order valence-corrected chi connectivity index (χ0v) is 13.4. The number of nitrogens with zero attached hydrogens (tertiary/aromatic N) is 1. The van der Waals surface area contributed by atoms with Crippen molar-refractivity contribution in [3.05, 3.63) is 28.3 Å². The summed E-state index contributed by atoms with van der Waals surface area (Å²) in [6.07, 6.45) is -3.30. The molecule has 1 aliphatic heterocycles. The SMILES string of the molecule is CN1C(=O)Nc2cc(CO)c(Cl)cc2C1(C#CC1CC1)C(F)(F)F. The van der Waals surface area contributed by atoms with Crippen molar-refractivity contribution < 1.29 is 23.1 Å². The lowest BCUT2D eigenvalue weighted by Gasteiger charge is -2.43. The van der Waals surface area contributed by atoms with E-state index in [4.69, 9.17) is 11.6 Å². The molecule has 0 bridgehead atoms. The fourth-order valence-corrected chi connectivity index (χ4v) is 2.90. The van der Waals surface area contributed by atoms with Crippen LogP contribution in [0.25, 0.3) is 0 Å². The molecular formula is C16H14ClF3N2O2. The van der Waals surface area contributed by atoms with Crippen molar-refractivity contribution in [2.75, 3.05) is 12.4 Å². The molecule has 1 aromatic rings. The first-order chi connectivity index (χ1) is 11.2. The molecule has 1 heterocycles. The van der Waals surface area contributed by atoms with Gasteiger partial charge in [0, 0.05) is 29.2 Å². The number of anilines is 1. The van der Waals surface area contributed by atoms with Gasteiger partial charge in [0.2, 0.25) is 5.54 Å². The fourth-order valence-electron chi connectivity index (χ4n) is 2.67. The summed E-state index contributed by atoms with van der Waals surface area (Å²) < 4.78 is 42.2. The van der Waals surface area contributed by atoms with E-state index in [0.29, 0.717) is 4.90 Å². The number of amides is 2. The number of carbonyl (C=O) groups excluding carboxylic acids is 1. The van der Waals surface area contributed by atoms with Crippen LogP contribution in [0.5, 0.6) is 0 Å². The van der Waals surface area contributed by atoms with Crippen molar-refractivity contribution >= 4 is 23.3 Å². The van der Waals surface area contributed by atoms with Gasteiger partial charge in [-0.2, -0.15) is 13.2 Å². The van der Waals surface area contributed by atoms with Gasteiger partial charge in [0.15, 0.2) is 0 Å². The molecule has 1 saturated carbocycles. The van der Waals surface area contributed by atoms with Crippen LogP contribution in [-0.2, 0) is 12.1 Å². The second kappa shape index (κ2) is 5.57. The Balaban J connectivity index is 2.29. The number of benzene rings is 1. The molecule has 1 aromatic carbocycles. The highest BCUT2D eigenvalue weighted by Gasteiger charge is 2.62. The number of hydrogen-bond acceptors (Lipinski definition) is 2. The molecule has 1 aliphatic carbocycles. The summed E-state index contributed by atoms with van der Waals surface area (Å²) >= 11 is 5.99. The minimum Gasteiger partial charge on any atom is -0.392 e. The smallest absolute Gasteiger partial charge is 0.392 e. The van der Waals surface area contributed by atoms with Gasteiger partial charge in [-0.05, 0) is 30.5 Å². The number of carbonyl (C=O) groups is 1. The van der Waals surface area contributed by atoms with Crippen LogP contribution in [-0.4, -0.2) is 29.3 Å². The van der Waals surface area contributed by atoms with Gasteiger partial charge in [-0.15, -0.1) is 0 Å². The third-order valence-electron chi connectivity index (χ3n) is 4.24. The van der Waals surface area contributed by atoms with Crippen LogP contribution in [0.2, 0.25) is 5.02 Å². The van der Waals surface area contributed by atoms with Crippen LogP contribution in [0.1, 0.15) is 24.0 Å². The Morgan fingerprint density at radius 3 is 2.67 bits per heavy atom. The summed E-state index contributed by atoms with van der Waals surface area (Å²) in [6, 6.07) is 1.45. The molecular weight excluding hydrogens is 345 g/mol. The van der Waals surface area contributed by atoms with Gasteiger partial charge in [-0.25, -0.2) is 4.79 Å². The Hall–Kier alpha value is -1.91. The maximum atomic E-state index is 14.1. The van der Waals surface area contributed by atoms with E-state index in [2.05, 4.69) is 17.2 Å². The molecule has 2 N–H and O–H groups in total. The number of nitrogens with one attached hydrogen (secondary N) is 1. The molecule has 2 aliphatic rings. The van der Waals surface area contributed by atoms with Gasteiger partial charge in [0.1, 0.15) is 0 Å². The normalized spacial score (nSPS) is 23.2. The van der Waals surface area contributed by atoms with E-state index in [1.165, 1.54) is 6.07 Å². The molecule has 128 valence electrons. The molecule has 8 heteroatoms. The van der Waals surface area contributed by atoms with E-state index in [1.54, 1.807) is 0 Å². The first-order valence-electron chi connectivity index (χ1n) is 7.28. The van der Waals surface area contributed by atoms with Crippen molar-refractivity contribution in [1.29, 1.82) is 0 Å². The van der Waals surface area contributed by atoms with Gasteiger partial charge in [0.05, 0.1) is 6.61 Å². The highest BCUT2D eigenvalue weighted by atomic mass is 35.5. The molecule has 2 amide bonds. The Morgan fingerprint density at radius 1 is 1.46 bits per heavy atom. The van der Waals surface area contributed by atoms with Crippen molar-refractivity contribution in [1.82, 2.24) is 4.90 Å². The van der Waals surface area contributed by atoms with Crippen molar-refractivity contribution in [3.63, 3.8) is 0 Å². The summed E-state index contributed by atoms with van der Waals surface area (Å²) in [7, 11) is 1.06. The lowest BCUT2D eigenvalue weighted by molar-refractivity contribution is -0.203. The Kier molecular flexibility index (Phi) is 3.93. The Labute approximate surface area is 141 Å². The molecule has 1 unspecified atom stereocenters. The molecule has 0 saturated heterocycles. The number of rotatable bonds is 1. The first-order valence-corrected chi connectivity index (χ1v) is 7.66. The monoisotopic (exact) mass is 358 g/mol. The number of aliphatic hydroxyl groups excluding tert-OH is 1. The third kappa shape index (κ3) is 2.50. The largest absolute Gasteiger partial charge is 0.427 e. The molecule has 1 fully saturated rings. The summed E-state index contributed by atoms with van der Waals surface area (Å²) in [5.74, 6) is 4.87. The predicted molar refractivity (Wildman–Crippen MR) is 82.4 cm³/mol. The van der Waals surface area contributed by atoms with Crippen molar-refractivity contribution in [3.8, 4) is 11.8 Å². The molecule has 3 rings (SSSR count). The summed E-state index contributed by atoms with van der Waals surface area (Å²) in [5, 5.41) is 11.6. The third-order valence-corrected chi connectivity index (χ3v) is 4.59. The van der Waals surface area contributed by atoms with Crippen LogP contribution in [0.15, 0.2) is 12.1 Å². The van der Waals surface area contributed by atoms with E-state index in [-0.39, 0.29) is 27.8 Å². The second-order valence-corrected chi connectivity index (χ2v) is 6.30. The maximum absolute atomic E-state index is 14.1. The van der Waals surface area contributed by atoms with E-state index < -0.39 is 24.4 Å². The number of halogens is 4. The van der Waals surface area contributed by atoms with Gasteiger partial charge in [-0.3, -0.25) is 4.90 Å². The number of hydrogen-bond donors (Lipinski definition) is 2. The van der Waals surface area contributed by atoms with Gasteiger partial charge in [-0.1, -0.05) is 23.4 Å². The minimum atomic E-state index is -4.82. The average Bonchev–Trinajstić information content (AvgIpc) is 3.31. The lowest BCUT2D eigenvalue weighted by atomic mass is 9.84. The summed E-state index contributed by atoms with van der Waals surface area (Å²) in [6.45, 7) is -0.454. The van der Waals surface area contributed by atoms with E-state index in [9.17, 15) is 23.1 Å². The lowest BCUT2D eigenvalue weighted by Crippen LogP contribution is -2.59. The quantitative estimate of drug-likeness (QED) is 0.755. The van der Waals surface area contributed by atoms with Crippen LogP contribution in [0.3, 0.4) is 0 Å². The Morgan fingerprint density at radius 2 is 2.12 bits per heavy atom. The van der Waals surface area contributed by atoms with Gasteiger partial charge in [0.25, 0.3) is 0 Å². The first kappa shape index (κ1) is 16.9. The van der Waals surface area contributed by atoms with Gasteiger partial charge < -0.3 is 10.4 Å². The minimum absolute atomic E-state index is 0.0114. The average molecular weight is 359 g/mol. The number of aliphatic hydroxyl groups is 1. The Bertz CT molecular complexity index is 765. The van der Waals surface area contributed by atoms with Gasteiger partial charge >= 0.3 is 12.2 Å². The van der Waals surface area contributed by atoms with Crippen LogP contribution >= 0.6 is 11.6 Å². The van der Waals surface area contributed by atoms with E-state index in [0.717, 1.165) is 26.0 Å². The fraction of sp³-hybridized carbons (Fsp3) is 0.438. The predicted octanol–water partition coefficient (Wildman–Crippen LogP) is 3.48. The highest BCUT2D eigenvalue weighted by molar-refractivity contribution is 6.31. The highest BCUT2D eigenvalue weighted by Crippen LogP contribution is 2.49. The van der Waals surface area contributed by atoms with Crippen LogP contribution in [0.4, 0.5) is 23.7 Å². The van der Waals surface area contributed by atoms with Crippen LogP contribution < -0.4 is 5.32 Å². The molecule has 0 spiro atoms. The molecule has 0 aromatic heterocycles. The zero-order valence-electron chi connectivity index (χ0n) is 12.7. The van der Waals surface area contributed by atoms with Crippen molar-refractivity contribution in [2.24, 2.45) is 5.92 Å². The standard InChI is InChI=1S/C16H14ClF3N2O2/c1-22-14(24)21-13-6-10(8-23)12(17)7-11(13)15(22,16(18,19)20)5-4-9-2-3-9/h6-7,9,23H,2-3,8H2,1H3,(H,21,24). The molecule has 4 nitrogen and oxygen atoms in total. The maximum Gasteiger partial charge on any atom is 0.427 e. The summed E-state index contributed by atoms with van der Waals surface area (Å²) in [5.41, 5.74) is -2.84. The molecule has 24 heavy (non-hydrogen) atoms. The van der Waals surface area contributed by atoms with E-state index in [1.807, 2.05) is 0 Å². The van der Waals surface area contributed by atoms with Crippen LogP contribution in [0, 0.1) is 17.8 Å². The van der Waals surface area contributed by atoms with Crippen molar-refractivity contribution in [2.45, 2.75) is 31.2 Å². The summed E-state index contributed by atoms with van der Waals surface area (Å²) in [4.78, 5) is 12.7. The number of urea groups is 1. The number of fused-ring (bicyclic) bond motifs is 1. The second-order valence-electron chi connectivity index (χ2n) is 5.89. The zero-order chi connectivity index (χ0) is 17.7. The molecule has 0 radical (unpaired) electrons.